The molecule has 0 aliphatic heterocycles. The maximum absolute atomic E-state index is 10.9. The van der Waals surface area contributed by atoms with E-state index in [0.29, 0.717) is 5.56 Å². The highest BCUT2D eigenvalue weighted by Gasteiger charge is 2.07. The molecule has 0 atom stereocenters. The summed E-state index contributed by atoms with van der Waals surface area (Å²) in [5, 5.41) is 8.93. The largest absolute Gasteiger partial charge is 0.478 e. The number of hydrogen-bond acceptors (Lipinski definition) is 2. The Labute approximate surface area is 95.0 Å². The Hall–Kier alpha value is -1.22. The number of rotatable bonds is 4. The fourth-order valence-electron chi connectivity index (χ4n) is 1.35. The molecular weight excluding hydrogens is 208 g/mol. The predicted molar refractivity (Wildman–Crippen MR) is 65.6 cm³/mol. The Bertz CT molecular complexity index is 383. The Morgan fingerprint density at radius 2 is 2.27 bits per heavy atom. The van der Waals surface area contributed by atoms with Crippen LogP contribution in [0.1, 0.15) is 27.9 Å². The van der Waals surface area contributed by atoms with E-state index < -0.39 is 5.97 Å². The van der Waals surface area contributed by atoms with Crippen molar-refractivity contribution >= 4 is 24.7 Å². The van der Waals surface area contributed by atoms with Crippen molar-refractivity contribution in [3.63, 3.8) is 0 Å². The lowest BCUT2D eigenvalue weighted by atomic mass is 10.0. The van der Waals surface area contributed by atoms with E-state index in [2.05, 4.69) is 12.6 Å². The quantitative estimate of drug-likeness (QED) is 0.768. The van der Waals surface area contributed by atoms with Crippen LogP contribution in [0.5, 0.6) is 0 Å². The van der Waals surface area contributed by atoms with E-state index in [-0.39, 0.29) is 0 Å². The molecule has 0 saturated heterocycles. The van der Waals surface area contributed by atoms with Crippen molar-refractivity contribution in [1.82, 2.24) is 0 Å². The Morgan fingerprint density at radius 1 is 1.53 bits per heavy atom. The average molecular weight is 222 g/mol. The molecule has 80 valence electrons. The van der Waals surface area contributed by atoms with Gasteiger partial charge in [0.2, 0.25) is 0 Å². The predicted octanol–water partition coefficient (Wildman–Crippen LogP) is 3.03. The molecule has 1 rings (SSSR count). The third kappa shape index (κ3) is 3.13. The second-order valence-corrected chi connectivity index (χ2v) is 3.69. The van der Waals surface area contributed by atoms with Gasteiger partial charge in [0.25, 0.3) is 0 Å². The minimum atomic E-state index is -0.878. The molecule has 0 radical (unpaired) electrons. The molecular formula is C12H14O2S. The van der Waals surface area contributed by atoms with Gasteiger partial charge in [-0.15, -0.1) is 0 Å². The van der Waals surface area contributed by atoms with Gasteiger partial charge in [0.1, 0.15) is 0 Å². The van der Waals surface area contributed by atoms with E-state index in [1.165, 1.54) is 0 Å². The normalized spacial score (nSPS) is 10.8. The minimum Gasteiger partial charge on any atom is -0.478 e. The van der Waals surface area contributed by atoms with E-state index >= 15 is 0 Å². The van der Waals surface area contributed by atoms with E-state index in [9.17, 15) is 4.79 Å². The Morgan fingerprint density at radius 3 is 2.87 bits per heavy atom. The summed E-state index contributed by atoms with van der Waals surface area (Å²) in [5.41, 5.74) is 2.13. The lowest BCUT2D eigenvalue weighted by molar-refractivity contribution is 0.0696. The van der Waals surface area contributed by atoms with E-state index in [0.717, 1.165) is 23.3 Å². The molecule has 1 aromatic carbocycles. The van der Waals surface area contributed by atoms with Gasteiger partial charge < -0.3 is 5.11 Å². The summed E-state index contributed by atoms with van der Waals surface area (Å²) in [5.74, 6) is -0.0781. The lowest BCUT2D eigenvalue weighted by Crippen LogP contribution is -2.00. The van der Waals surface area contributed by atoms with Gasteiger partial charge in [-0.2, -0.15) is 12.6 Å². The monoisotopic (exact) mass is 222 g/mol. The molecule has 0 aliphatic rings. The zero-order chi connectivity index (χ0) is 11.3. The molecule has 0 bridgehead atoms. The number of benzene rings is 1. The van der Waals surface area contributed by atoms with Crippen molar-refractivity contribution in [3.8, 4) is 0 Å². The van der Waals surface area contributed by atoms with E-state index in [4.69, 9.17) is 5.11 Å². The van der Waals surface area contributed by atoms with Gasteiger partial charge in [0, 0.05) is 0 Å². The molecule has 0 amide bonds. The maximum atomic E-state index is 10.9. The molecule has 1 aromatic rings. The van der Waals surface area contributed by atoms with Crippen molar-refractivity contribution in [1.29, 1.82) is 0 Å². The van der Waals surface area contributed by atoms with E-state index in [1.54, 1.807) is 12.1 Å². The van der Waals surface area contributed by atoms with Crippen LogP contribution in [0.15, 0.2) is 24.3 Å². The first-order chi connectivity index (χ1) is 7.16. The van der Waals surface area contributed by atoms with Crippen LogP contribution in [-0.4, -0.2) is 16.8 Å². The molecule has 3 heteroatoms. The number of carboxylic acid groups (broad SMARTS) is 1. The number of thiol groups is 1. The smallest absolute Gasteiger partial charge is 0.335 e. The zero-order valence-electron chi connectivity index (χ0n) is 8.60. The Kier molecular flexibility index (Phi) is 4.43. The third-order valence-corrected chi connectivity index (χ3v) is 2.46. The molecule has 0 spiro atoms. The van der Waals surface area contributed by atoms with E-state index in [1.807, 2.05) is 25.1 Å². The van der Waals surface area contributed by atoms with Crippen LogP contribution >= 0.6 is 12.6 Å². The number of carbonyl (C=O) groups is 1. The summed E-state index contributed by atoms with van der Waals surface area (Å²) in [6.07, 6.45) is 4.83. The highest BCUT2D eigenvalue weighted by molar-refractivity contribution is 7.80. The molecule has 0 aliphatic carbocycles. The van der Waals surface area contributed by atoms with Gasteiger partial charge in [0.05, 0.1) is 5.56 Å². The second-order valence-electron chi connectivity index (χ2n) is 3.24. The average Bonchev–Trinajstić information content (AvgIpc) is 2.20. The Balaban J connectivity index is 2.99. The van der Waals surface area contributed by atoms with Gasteiger partial charge in [-0.3, -0.25) is 0 Å². The first-order valence-corrected chi connectivity index (χ1v) is 5.40. The number of allylic oxidation sites excluding steroid dienone is 1. The van der Waals surface area contributed by atoms with Crippen molar-refractivity contribution in [2.45, 2.75) is 13.3 Å². The minimum absolute atomic E-state index is 0.364. The fourth-order valence-corrected chi connectivity index (χ4v) is 1.50. The second kappa shape index (κ2) is 5.61. The first kappa shape index (κ1) is 11.9. The summed E-state index contributed by atoms with van der Waals surface area (Å²) in [4.78, 5) is 10.9. The van der Waals surface area contributed by atoms with Crippen molar-refractivity contribution in [2.75, 3.05) is 5.75 Å². The summed E-state index contributed by atoms with van der Waals surface area (Å²) in [6, 6.07) is 5.29. The van der Waals surface area contributed by atoms with Crippen molar-refractivity contribution < 1.29 is 9.90 Å². The van der Waals surface area contributed by atoms with Gasteiger partial charge in [-0.25, -0.2) is 4.79 Å². The molecule has 0 unspecified atom stereocenters. The summed E-state index contributed by atoms with van der Waals surface area (Å²) >= 11 is 4.10. The number of aromatic carboxylic acids is 1. The van der Waals surface area contributed by atoms with Crippen LogP contribution in [0.25, 0.3) is 6.08 Å². The summed E-state index contributed by atoms with van der Waals surface area (Å²) in [6.45, 7) is 1.82. The van der Waals surface area contributed by atoms with Crippen LogP contribution in [0, 0.1) is 6.92 Å². The molecule has 0 saturated carbocycles. The summed E-state index contributed by atoms with van der Waals surface area (Å²) in [7, 11) is 0. The topological polar surface area (TPSA) is 37.3 Å². The standard InChI is InChI=1S/C12H14O2S/c1-9-10(5-2-3-8-15)6-4-7-11(9)12(13)14/h2,4-7,15H,3,8H2,1H3,(H,13,14). The molecule has 2 nitrogen and oxygen atoms in total. The first-order valence-electron chi connectivity index (χ1n) is 4.77. The summed E-state index contributed by atoms with van der Waals surface area (Å²) < 4.78 is 0. The van der Waals surface area contributed by atoms with Crippen LogP contribution in [0.4, 0.5) is 0 Å². The fraction of sp³-hybridized carbons (Fsp3) is 0.250. The number of carboxylic acids is 1. The molecule has 0 heterocycles. The molecule has 1 N–H and O–H groups in total. The highest BCUT2D eigenvalue weighted by atomic mass is 32.1. The molecule has 0 aromatic heterocycles. The zero-order valence-corrected chi connectivity index (χ0v) is 9.50. The maximum Gasteiger partial charge on any atom is 0.335 e. The highest BCUT2D eigenvalue weighted by Crippen LogP contribution is 2.15. The van der Waals surface area contributed by atoms with Crippen LogP contribution in [0.2, 0.25) is 0 Å². The van der Waals surface area contributed by atoms with Crippen molar-refractivity contribution in [3.05, 3.63) is 41.0 Å². The van der Waals surface area contributed by atoms with Gasteiger partial charge in [-0.05, 0) is 36.3 Å². The molecule has 15 heavy (non-hydrogen) atoms. The number of hydrogen-bond donors (Lipinski definition) is 2. The SMILES string of the molecule is Cc1c(C=CCCS)cccc1C(=O)O. The van der Waals surface area contributed by atoms with Gasteiger partial charge in [0.15, 0.2) is 0 Å². The van der Waals surface area contributed by atoms with Gasteiger partial charge in [-0.1, -0.05) is 24.3 Å². The van der Waals surface area contributed by atoms with Crippen LogP contribution in [0.3, 0.4) is 0 Å². The van der Waals surface area contributed by atoms with Crippen LogP contribution < -0.4 is 0 Å². The molecule has 0 fully saturated rings. The van der Waals surface area contributed by atoms with Crippen LogP contribution in [-0.2, 0) is 0 Å². The lowest BCUT2D eigenvalue weighted by Gasteiger charge is -2.04. The van der Waals surface area contributed by atoms with Gasteiger partial charge >= 0.3 is 5.97 Å². The third-order valence-electron chi connectivity index (χ3n) is 2.20. The van der Waals surface area contributed by atoms with Crippen molar-refractivity contribution in [2.24, 2.45) is 0 Å².